The van der Waals surface area contributed by atoms with Crippen LogP contribution < -0.4 is 0 Å². The molecule has 0 N–H and O–H groups in total. The molecule has 0 radical (unpaired) electrons. The molecule has 0 aliphatic carbocycles. The van der Waals surface area contributed by atoms with Gasteiger partial charge >= 0.3 is 0 Å². The van der Waals surface area contributed by atoms with Crippen LogP contribution in [0.4, 0.5) is 0 Å². The highest BCUT2D eigenvalue weighted by molar-refractivity contribution is 6.31. The molecule has 0 saturated heterocycles. The fourth-order valence-corrected chi connectivity index (χ4v) is 1.28. The van der Waals surface area contributed by atoms with E-state index in [0.717, 1.165) is 17.0 Å². The maximum atomic E-state index is 6.00. The molecular formula is C14H17Cl. The van der Waals surface area contributed by atoms with Gasteiger partial charge in [0.15, 0.2) is 0 Å². The topological polar surface area (TPSA) is 0 Å². The first-order chi connectivity index (χ1) is 7.09. The molecule has 0 nitrogen and oxygen atoms in total. The van der Waals surface area contributed by atoms with Crippen molar-refractivity contribution < 1.29 is 0 Å². The summed E-state index contributed by atoms with van der Waals surface area (Å²) in [6, 6.07) is 8.56. The average molecular weight is 221 g/mol. The molecule has 0 atom stereocenters. The third kappa shape index (κ3) is 4.35. The van der Waals surface area contributed by atoms with Gasteiger partial charge in [0.25, 0.3) is 0 Å². The zero-order valence-corrected chi connectivity index (χ0v) is 10.3. The maximum Gasteiger partial charge on any atom is 0.0389 e. The first-order valence-corrected chi connectivity index (χ1v) is 5.52. The first kappa shape index (κ1) is 12.1. The van der Waals surface area contributed by atoms with Gasteiger partial charge in [-0.3, -0.25) is 0 Å². The van der Waals surface area contributed by atoms with Crippen LogP contribution in [0, 0.1) is 6.92 Å². The summed E-state index contributed by atoms with van der Waals surface area (Å²) in [7, 11) is 0. The van der Waals surface area contributed by atoms with Crippen LogP contribution in [0.25, 0.3) is 0 Å². The van der Waals surface area contributed by atoms with Gasteiger partial charge in [0.05, 0.1) is 0 Å². The Hall–Kier alpha value is -1.01. The third-order valence-electron chi connectivity index (χ3n) is 2.22. The van der Waals surface area contributed by atoms with E-state index in [1.165, 1.54) is 11.1 Å². The van der Waals surface area contributed by atoms with Crippen molar-refractivity contribution >= 4 is 11.6 Å². The van der Waals surface area contributed by atoms with Gasteiger partial charge < -0.3 is 0 Å². The number of benzene rings is 1. The predicted molar refractivity (Wildman–Crippen MR) is 68.3 cm³/mol. The quantitative estimate of drug-likeness (QED) is 0.652. The molecule has 1 rings (SSSR count). The fraction of sp³-hybridized carbons (Fsp3) is 0.286. The predicted octanol–water partition coefficient (Wildman–Crippen LogP) is 4.63. The van der Waals surface area contributed by atoms with E-state index in [1.807, 2.05) is 19.9 Å². The number of hydrogen-bond acceptors (Lipinski definition) is 0. The molecule has 0 heterocycles. The Bertz CT molecular complexity index is 365. The second-order valence-corrected chi connectivity index (χ2v) is 4.35. The summed E-state index contributed by atoms with van der Waals surface area (Å²) >= 11 is 6.00. The van der Waals surface area contributed by atoms with Gasteiger partial charge in [-0.25, -0.2) is 0 Å². The monoisotopic (exact) mass is 220 g/mol. The van der Waals surface area contributed by atoms with E-state index in [4.69, 9.17) is 11.6 Å². The molecule has 0 bridgehead atoms. The molecule has 0 fully saturated rings. The number of halogens is 1. The van der Waals surface area contributed by atoms with Crippen molar-refractivity contribution in [3.05, 3.63) is 58.1 Å². The van der Waals surface area contributed by atoms with E-state index in [9.17, 15) is 0 Å². The standard InChI is InChI=1S/C14H17Cl/c1-11(2)14(15)6-4-5-13-9-7-12(3)8-10-13/h4,6-10H,5H2,1-3H3/b6-4+. The first-order valence-electron chi connectivity index (χ1n) is 5.14. The van der Waals surface area contributed by atoms with Crippen molar-refractivity contribution in [1.82, 2.24) is 0 Å². The van der Waals surface area contributed by atoms with E-state index in [2.05, 4.69) is 37.3 Å². The number of aryl methyl sites for hydroxylation is 1. The van der Waals surface area contributed by atoms with Gasteiger partial charge in [0, 0.05) is 5.03 Å². The average Bonchev–Trinajstić information content (AvgIpc) is 2.20. The van der Waals surface area contributed by atoms with E-state index in [-0.39, 0.29) is 0 Å². The molecule has 0 spiro atoms. The van der Waals surface area contributed by atoms with E-state index in [0.29, 0.717) is 0 Å². The number of rotatable bonds is 3. The lowest BCUT2D eigenvalue weighted by molar-refractivity contribution is 1.25. The van der Waals surface area contributed by atoms with Crippen molar-refractivity contribution in [2.75, 3.05) is 0 Å². The third-order valence-corrected chi connectivity index (χ3v) is 2.72. The van der Waals surface area contributed by atoms with Crippen LogP contribution in [0.2, 0.25) is 0 Å². The summed E-state index contributed by atoms with van der Waals surface area (Å²) < 4.78 is 0. The molecule has 0 aliphatic rings. The summed E-state index contributed by atoms with van der Waals surface area (Å²) in [4.78, 5) is 0. The Morgan fingerprint density at radius 1 is 1.20 bits per heavy atom. The summed E-state index contributed by atoms with van der Waals surface area (Å²) in [6.45, 7) is 6.12. The minimum absolute atomic E-state index is 0.835. The lowest BCUT2D eigenvalue weighted by Gasteiger charge is -1.97. The molecule has 15 heavy (non-hydrogen) atoms. The lowest BCUT2D eigenvalue weighted by atomic mass is 10.1. The van der Waals surface area contributed by atoms with Crippen molar-refractivity contribution in [3.8, 4) is 0 Å². The summed E-state index contributed by atoms with van der Waals surface area (Å²) in [5.41, 5.74) is 3.76. The molecule has 1 heteroatoms. The van der Waals surface area contributed by atoms with Gasteiger partial charge in [-0.2, -0.15) is 0 Å². The molecule has 80 valence electrons. The van der Waals surface area contributed by atoms with Crippen LogP contribution >= 0.6 is 11.6 Å². The Labute approximate surface area is 97.3 Å². The van der Waals surface area contributed by atoms with Gasteiger partial charge in [-0.1, -0.05) is 53.1 Å². The molecule has 1 aromatic carbocycles. The highest BCUT2D eigenvalue weighted by Crippen LogP contribution is 2.11. The summed E-state index contributed by atoms with van der Waals surface area (Å²) in [6.07, 6.45) is 5.00. The maximum absolute atomic E-state index is 6.00. The van der Waals surface area contributed by atoms with Crippen molar-refractivity contribution in [2.45, 2.75) is 27.2 Å². The van der Waals surface area contributed by atoms with Crippen molar-refractivity contribution in [2.24, 2.45) is 0 Å². The van der Waals surface area contributed by atoms with E-state index in [1.54, 1.807) is 0 Å². The Balaban J connectivity index is 2.58. The van der Waals surface area contributed by atoms with Crippen LogP contribution in [0.3, 0.4) is 0 Å². The van der Waals surface area contributed by atoms with Gasteiger partial charge in [0.1, 0.15) is 0 Å². The summed E-state index contributed by atoms with van der Waals surface area (Å²) in [5.74, 6) is 0. The van der Waals surface area contributed by atoms with Crippen LogP contribution in [0.5, 0.6) is 0 Å². The zero-order valence-electron chi connectivity index (χ0n) is 9.55. The highest BCUT2D eigenvalue weighted by Gasteiger charge is 1.90. The zero-order chi connectivity index (χ0) is 11.3. The summed E-state index contributed by atoms with van der Waals surface area (Å²) in [5, 5.41) is 0.835. The van der Waals surface area contributed by atoms with Gasteiger partial charge in [-0.05, 0) is 38.8 Å². The second kappa shape index (κ2) is 5.77. The minimum Gasteiger partial charge on any atom is -0.0844 e. The van der Waals surface area contributed by atoms with Crippen LogP contribution in [0.1, 0.15) is 25.0 Å². The largest absolute Gasteiger partial charge is 0.0844 e. The van der Waals surface area contributed by atoms with Crippen molar-refractivity contribution in [1.29, 1.82) is 0 Å². The van der Waals surface area contributed by atoms with Crippen LogP contribution in [0.15, 0.2) is 47.0 Å². The highest BCUT2D eigenvalue weighted by atomic mass is 35.5. The molecule has 0 saturated carbocycles. The molecule has 0 aliphatic heterocycles. The molecular weight excluding hydrogens is 204 g/mol. The van der Waals surface area contributed by atoms with E-state index >= 15 is 0 Å². The minimum atomic E-state index is 0.835. The molecule has 0 aromatic heterocycles. The molecule has 0 unspecified atom stereocenters. The van der Waals surface area contributed by atoms with Crippen LogP contribution in [-0.4, -0.2) is 0 Å². The molecule has 1 aromatic rings. The Morgan fingerprint density at radius 2 is 1.80 bits per heavy atom. The lowest BCUT2D eigenvalue weighted by Crippen LogP contribution is -1.81. The molecule has 0 amide bonds. The van der Waals surface area contributed by atoms with E-state index < -0.39 is 0 Å². The van der Waals surface area contributed by atoms with Gasteiger partial charge in [-0.15, -0.1) is 0 Å². The number of hydrogen-bond donors (Lipinski definition) is 0. The fourth-order valence-electron chi connectivity index (χ4n) is 1.19. The SMILES string of the molecule is CC(C)=C(Cl)/C=C/Cc1ccc(C)cc1. The van der Waals surface area contributed by atoms with Crippen molar-refractivity contribution in [3.63, 3.8) is 0 Å². The van der Waals surface area contributed by atoms with Crippen LogP contribution in [-0.2, 0) is 6.42 Å². The Kier molecular flexibility index (Phi) is 4.64. The second-order valence-electron chi connectivity index (χ2n) is 3.94. The number of allylic oxidation sites excluding steroid dienone is 4. The van der Waals surface area contributed by atoms with Gasteiger partial charge in [0.2, 0.25) is 0 Å². The smallest absolute Gasteiger partial charge is 0.0389 e. The Morgan fingerprint density at radius 3 is 2.33 bits per heavy atom. The normalized spacial score (nSPS) is 10.7.